The summed E-state index contributed by atoms with van der Waals surface area (Å²) in [5.74, 6) is -1.24. The molecule has 0 unspecified atom stereocenters. The quantitative estimate of drug-likeness (QED) is 0.465. The van der Waals surface area contributed by atoms with Crippen LogP contribution in [0.1, 0.15) is 34.8 Å². The molecule has 1 aliphatic rings. The summed E-state index contributed by atoms with van der Waals surface area (Å²) in [4.78, 5) is 35.1. The summed E-state index contributed by atoms with van der Waals surface area (Å²) in [5, 5.41) is 13.7. The van der Waals surface area contributed by atoms with E-state index in [4.69, 9.17) is 9.47 Å². The zero-order valence-electron chi connectivity index (χ0n) is 15.6. The first-order valence-electron chi connectivity index (χ1n) is 8.85. The van der Waals surface area contributed by atoms with Crippen molar-refractivity contribution >= 4 is 23.3 Å². The number of non-ortho nitro benzene ring substituents is 1. The normalized spacial score (nSPS) is 13.4. The minimum atomic E-state index is -1.09. The van der Waals surface area contributed by atoms with Crippen LogP contribution in [0.4, 0.5) is 11.4 Å². The second-order valence-electron chi connectivity index (χ2n) is 6.52. The van der Waals surface area contributed by atoms with Crippen molar-refractivity contribution in [3.05, 3.63) is 63.2 Å². The number of nitrogens with zero attached hydrogens (tertiary/aromatic N) is 1. The van der Waals surface area contributed by atoms with E-state index in [1.807, 2.05) is 18.2 Å². The molecule has 0 fully saturated rings. The van der Waals surface area contributed by atoms with Crippen LogP contribution in [-0.2, 0) is 22.4 Å². The van der Waals surface area contributed by atoms with E-state index in [-0.39, 0.29) is 17.0 Å². The monoisotopic (exact) mass is 384 g/mol. The number of ether oxygens (including phenoxy) is 2. The highest BCUT2D eigenvalue weighted by Gasteiger charge is 2.24. The SMILES string of the molecule is COc1ccc([N+](=O)[O-])cc1C(=O)O[C@H](C)C(=O)Nc1ccc2c(c1)CCC2. The number of nitrogens with one attached hydrogen (secondary N) is 1. The van der Waals surface area contributed by atoms with Crippen molar-refractivity contribution in [2.45, 2.75) is 32.3 Å². The van der Waals surface area contributed by atoms with E-state index in [1.54, 1.807) is 0 Å². The average Bonchev–Trinajstić information content (AvgIpc) is 3.15. The summed E-state index contributed by atoms with van der Waals surface area (Å²) in [7, 11) is 1.34. The Morgan fingerprint density at radius 2 is 1.89 bits per heavy atom. The zero-order chi connectivity index (χ0) is 20.3. The predicted octanol–water partition coefficient (Wildman–Crippen LogP) is 3.28. The van der Waals surface area contributed by atoms with Gasteiger partial charge in [-0.25, -0.2) is 4.79 Å². The predicted molar refractivity (Wildman–Crippen MR) is 102 cm³/mol. The van der Waals surface area contributed by atoms with Crippen molar-refractivity contribution in [1.29, 1.82) is 0 Å². The molecule has 1 aliphatic carbocycles. The van der Waals surface area contributed by atoms with Crippen molar-refractivity contribution in [1.82, 2.24) is 0 Å². The third kappa shape index (κ3) is 4.11. The molecule has 0 radical (unpaired) electrons. The molecule has 0 saturated carbocycles. The molecule has 8 heteroatoms. The highest BCUT2D eigenvalue weighted by Crippen LogP contribution is 2.26. The molecule has 28 heavy (non-hydrogen) atoms. The number of carbonyl (C=O) groups is 2. The lowest BCUT2D eigenvalue weighted by molar-refractivity contribution is -0.384. The van der Waals surface area contributed by atoms with Crippen LogP contribution in [0.5, 0.6) is 5.75 Å². The van der Waals surface area contributed by atoms with E-state index in [0.29, 0.717) is 5.69 Å². The number of rotatable bonds is 6. The highest BCUT2D eigenvalue weighted by molar-refractivity contribution is 5.98. The molecular formula is C20H20N2O6. The van der Waals surface area contributed by atoms with Gasteiger partial charge in [0.2, 0.25) is 0 Å². The van der Waals surface area contributed by atoms with Crippen LogP contribution >= 0.6 is 0 Å². The Morgan fingerprint density at radius 1 is 1.14 bits per heavy atom. The van der Waals surface area contributed by atoms with Crippen LogP contribution in [0.25, 0.3) is 0 Å². The molecule has 3 rings (SSSR count). The fourth-order valence-corrected chi connectivity index (χ4v) is 3.14. The van der Waals surface area contributed by atoms with Gasteiger partial charge >= 0.3 is 5.97 Å². The maximum atomic E-state index is 12.4. The van der Waals surface area contributed by atoms with Gasteiger partial charge in [-0.15, -0.1) is 0 Å². The highest BCUT2D eigenvalue weighted by atomic mass is 16.6. The summed E-state index contributed by atoms with van der Waals surface area (Å²) in [6.07, 6.45) is 2.04. The van der Waals surface area contributed by atoms with E-state index in [2.05, 4.69) is 5.32 Å². The topological polar surface area (TPSA) is 108 Å². The minimum absolute atomic E-state index is 0.117. The molecule has 8 nitrogen and oxygen atoms in total. The van der Waals surface area contributed by atoms with Gasteiger partial charge in [0.15, 0.2) is 6.10 Å². The molecule has 0 spiro atoms. The lowest BCUT2D eigenvalue weighted by Gasteiger charge is -2.15. The van der Waals surface area contributed by atoms with Crippen molar-refractivity contribution < 1.29 is 24.0 Å². The number of nitro groups is 1. The van der Waals surface area contributed by atoms with Gasteiger partial charge in [0.25, 0.3) is 11.6 Å². The van der Waals surface area contributed by atoms with Gasteiger partial charge in [-0.05, 0) is 55.5 Å². The van der Waals surface area contributed by atoms with E-state index in [9.17, 15) is 19.7 Å². The molecule has 0 saturated heterocycles. The number of carbonyl (C=O) groups excluding carboxylic acids is 2. The largest absolute Gasteiger partial charge is 0.496 e. The summed E-state index contributed by atoms with van der Waals surface area (Å²) in [6.45, 7) is 1.43. The molecule has 0 bridgehead atoms. The number of methoxy groups -OCH3 is 1. The summed E-state index contributed by atoms with van der Waals surface area (Å²) in [5.41, 5.74) is 2.75. The Hall–Kier alpha value is -3.42. The van der Waals surface area contributed by atoms with Crippen molar-refractivity contribution in [3.8, 4) is 5.75 Å². The number of fused-ring (bicyclic) bond motifs is 1. The maximum absolute atomic E-state index is 12.4. The lowest BCUT2D eigenvalue weighted by Crippen LogP contribution is -2.30. The average molecular weight is 384 g/mol. The third-order valence-corrected chi connectivity index (χ3v) is 4.63. The number of hydrogen-bond donors (Lipinski definition) is 1. The van der Waals surface area contributed by atoms with Crippen LogP contribution in [-0.4, -0.2) is 30.0 Å². The molecule has 1 atom stereocenters. The second kappa shape index (κ2) is 8.08. The molecule has 1 amide bonds. The molecular weight excluding hydrogens is 364 g/mol. The van der Waals surface area contributed by atoms with Gasteiger partial charge in [-0.1, -0.05) is 6.07 Å². The number of aryl methyl sites for hydroxylation is 2. The van der Waals surface area contributed by atoms with Gasteiger partial charge in [-0.3, -0.25) is 14.9 Å². The van der Waals surface area contributed by atoms with Gasteiger partial charge in [0.1, 0.15) is 11.3 Å². The van der Waals surface area contributed by atoms with Gasteiger partial charge in [0, 0.05) is 17.8 Å². The van der Waals surface area contributed by atoms with E-state index in [0.717, 1.165) is 25.3 Å². The number of amides is 1. The Bertz CT molecular complexity index is 940. The van der Waals surface area contributed by atoms with Gasteiger partial charge in [0.05, 0.1) is 12.0 Å². The molecule has 0 heterocycles. The molecule has 2 aromatic rings. The van der Waals surface area contributed by atoms with Crippen molar-refractivity contribution in [2.75, 3.05) is 12.4 Å². The Kier molecular flexibility index (Phi) is 5.58. The van der Waals surface area contributed by atoms with Crippen molar-refractivity contribution in [3.63, 3.8) is 0 Å². The Labute approximate surface area is 161 Å². The first-order chi connectivity index (χ1) is 13.4. The summed E-state index contributed by atoms with van der Waals surface area (Å²) in [6, 6.07) is 9.33. The van der Waals surface area contributed by atoms with E-state index < -0.39 is 22.9 Å². The first-order valence-corrected chi connectivity index (χ1v) is 8.85. The zero-order valence-corrected chi connectivity index (χ0v) is 15.6. The first kappa shape index (κ1) is 19.3. The van der Waals surface area contributed by atoms with E-state index in [1.165, 1.54) is 37.3 Å². The fraction of sp³-hybridized carbons (Fsp3) is 0.300. The number of esters is 1. The third-order valence-electron chi connectivity index (χ3n) is 4.63. The molecule has 2 aromatic carbocycles. The number of benzene rings is 2. The number of anilines is 1. The lowest BCUT2D eigenvalue weighted by atomic mass is 10.1. The summed E-state index contributed by atoms with van der Waals surface area (Å²) >= 11 is 0. The van der Waals surface area contributed by atoms with Gasteiger partial charge in [-0.2, -0.15) is 0 Å². The molecule has 0 aromatic heterocycles. The fourth-order valence-electron chi connectivity index (χ4n) is 3.14. The molecule has 1 N–H and O–H groups in total. The van der Waals surface area contributed by atoms with Crippen LogP contribution in [0, 0.1) is 10.1 Å². The van der Waals surface area contributed by atoms with E-state index >= 15 is 0 Å². The molecule has 146 valence electrons. The molecule has 0 aliphatic heterocycles. The van der Waals surface area contributed by atoms with Crippen LogP contribution < -0.4 is 10.1 Å². The van der Waals surface area contributed by atoms with Crippen molar-refractivity contribution in [2.24, 2.45) is 0 Å². The number of hydrogen-bond acceptors (Lipinski definition) is 6. The Morgan fingerprint density at radius 3 is 2.61 bits per heavy atom. The number of nitro benzene ring substituents is 1. The standard InChI is InChI=1S/C20H20N2O6/c1-12(19(23)21-15-7-6-13-4-3-5-14(13)10-15)28-20(24)17-11-16(22(25)26)8-9-18(17)27-2/h6-12H,3-5H2,1-2H3,(H,21,23)/t12-/m1/s1. The maximum Gasteiger partial charge on any atom is 0.342 e. The Balaban J connectivity index is 1.69. The van der Waals surface area contributed by atoms with Crippen LogP contribution in [0.3, 0.4) is 0 Å². The minimum Gasteiger partial charge on any atom is -0.496 e. The smallest absolute Gasteiger partial charge is 0.342 e. The second-order valence-corrected chi connectivity index (χ2v) is 6.52. The van der Waals surface area contributed by atoms with Crippen LogP contribution in [0.15, 0.2) is 36.4 Å². The van der Waals surface area contributed by atoms with Gasteiger partial charge < -0.3 is 14.8 Å². The summed E-state index contributed by atoms with van der Waals surface area (Å²) < 4.78 is 10.2. The van der Waals surface area contributed by atoms with Crippen LogP contribution in [0.2, 0.25) is 0 Å².